The molecule has 8 heteroatoms. The number of benzene rings is 1. The summed E-state index contributed by atoms with van der Waals surface area (Å²) in [6.07, 6.45) is 4.53. The van der Waals surface area contributed by atoms with E-state index in [1.807, 2.05) is 34.6 Å². The lowest BCUT2D eigenvalue weighted by molar-refractivity contribution is -0.160. The Morgan fingerprint density at radius 3 is 2.66 bits per heavy atom. The summed E-state index contributed by atoms with van der Waals surface area (Å²) in [6.45, 7) is 16.2. The lowest BCUT2D eigenvalue weighted by Gasteiger charge is -2.30. The molecule has 1 saturated heterocycles. The van der Waals surface area contributed by atoms with Crippen molar-refractivity contribution in [3.05, 3.63) is 51.1 Å². The fourth-order valence-electron chi connectivity index (χ4n) is 6.27. The second kappa shape index (κ2) is 12.6. The van der Waals surface area contributed by atoms with E-state index in [0.29, 0.717) is 53.8 Å². The SMILES string of the molecule is COC[C@H]1CCCN1C/C(C)=C/c1c(C)nc(C)c([C@H](OC(C)(C)C)C(=O)O)c1-c1cc(F)c2c(c1C)CCCO2. The zero-order chi connectivity index (χ0) is 30.1. The van der Waals surface area contributed by atoms with E-state index in [1.54, 1.807) is 14.0 Å². The summed E-state index contributed by atoms with van der Waals surface area (Å²) < 4.78 is 33.0. The number of methoxy groups -OCH3 is 1. The van der Waals surface area contributed by atoms with Crippen LogP contribution in [0.25, 0.3) is 17.2 Å². The van der Waals surface area contributed by atoms with Gasteiger partial charge in [-0.3, -0.25) is 9.88 Å². The molecule has 1 fully saturated rings. The van der Waals surface area contributed by atoms with E-state index >= 15 is 4.39 Å². The van der Waals surface area contributed by atoms with Gasteiger partial charge >= 0.3 is 5.97 Å². The number of carboxylic acid groups (broad SMARTS) is 1. The first-order chi connectivity index (χ1) is 19.3. The molecule has 0 saturated carbocycles. The molecule has 3 heterocycles. The first-order valence-corrected chi connectivity index (χ1v) is 14.6. The highest BCUT2D eigenvalue weighted by Gasteiger charge is 2.34. The molecule has 0 spiro atoms. The minimum atomic E-state index is -1.29. The molecule has 0 unspecified atom stereocenters. The van der Waals surface area contributed by atoms with Crippen LogP contribution in [0.5, 0.6) is 5.75 Å². The molecule has 2 atom stereocenters. The lowest BCUT2D eigenvalue weighted by Crippen LogP contribution is -2.34. The van der Waals surface area contributed by atoms with Crippen LogP contribution in [-0.2, 0) is 20.7 Å². The van der Waals surface area contributed by atoms with Gasteiger partial charge in [-0.2, -0.15) is 0 Å². The molecule has 2 aliphatic heterocycles. The highest BCUT2D eigenvalue weighted by Crippen LogP contribution is 2.44. The van der Waals surface area contributed by atoms with E-state index in [4.69, 9.17) is 19.2 Å². The predicted molar refractivity (Wildman–Crippen MR) is 159 cm³/mol. The molecule has 41 heavy (non-hydrogen) atoms. The Bertz CT molecular complexity index is 1330. The monoisotopic (exact) mass is 568 g/mol. The van der Waals surface area contributed by atoms with Crippen molar-refractivity contribution in [2.45, 2.75) is 91.9 Å². The van der Waals surface area contributed by atoms with Gasteiger partial charge in [0.15, 0.2) is 17.7 Å². The molecule has 0 amide bonds. The molecule has 1 aromatic heterocycles. The van der Waals surface area contributed by atoms with Crippen molar-refractivity contribution in [1.29, 1.82) is 0 Å². The van der Waals surface area contributed by atoms with E-state index in [2.05, 4.69) is 17.9 Å². The van der Waals surface area contributed by atoms with Crippen LogP contribution in [0.4, 0.5) is 4.39 Å². The Morgan fingerprint density at radius 1 is 1.27 bits per heavy atom. The molecule has 224 valence electrons. The smallest absolute Gasteiger partial charge is 0.337 e. The van der Waals surface area contributed by atoms with Crippen LogP contribution in [0.15, 0.2) is 11.6 Å². The van der Waals surface area contributed by atoms with Crippen LogP contribution in [0.2, 0.25) is 0 Å². The average molecular weight is 569 g/mol. The van der Waals surface area contributed by atoms with Crippen LogP contribution < -0.4 is 4.74 Å². The van der Waals surface area contributed by atoms with Crippen LogP contribution >= 0.6 is 0 Å². The van der Waals surface area contributed by atoms with Gasteiger partial charge in [0.05, 0.1) is 18.8 Å². The number of likely N-dealkylation sites (tertiary alicyclic amines) is 1. The van der Waals surface area contributed by atoms with Crippen LogP contribution in [-0.4, -0.2) is 66.0 Å². The maximum absolute atomic E-state index is 15.6. The van der Waals surface area contributed by atoms with Gasteiger partial charge in [0.25, 0.3) is 0 Å². The van der Waals surface area contributed by atoms with Crippen molar-refractivity contribution in [2.24, 2.45) is 0 Å². The number of hydrogen-bond acceptors (Lipinski definition) is 6. The highest BCUT2D eigenvalue weighted by atomic mass is 19.1. The second-order valence-electron chi connectivity index (χ2n) is 12.4. The minimum Gasteiger partial charge on any atom is -0.490 e. The molecule has 7 nitrogen and oxygen atoms in total. The van der Waals surface area contributed by atoms with Crippen LogP contribution in [0.1, 0.15) is 86.7 Å². The van der Waals surface area contributed by atoms with E-state index < -0.39 is 23.5 Å². The first-order valence-electron chi connectivity index (χ1n) is 14.6. The Hall–Kier alpha value is -2.81. The van der Waals surface area contributed by atoms with Gasteiger partial charge in [-0.15, -0.1) is 0 Å². The maximum Gasteiger partial charge on any atom is 0.337 e. The number of pyridine rings is 1. The predicted octanol–water partition coefficient (Wildman–Crippen LogP) is 6.59. The molecule has 1 aromatic carbocycles. The summed E-state index contributed by atoms with van der Waals surface area (Å²) in [5.74, 6) is -1.25. The Kier molecular flexibility index (Phi) is 9.56. The van der Waals surface area contributed by atoms with Crippen LogP contribution in [0, 0.1) is 26.6 Å². The van der Waals surface area contributed by atoms with Gasteiger partial charge in [0.1, 0.15) is 0 Å². The summed E-state index contributed by atoms with van der Waals surface area (Å²) in [6, 6.07) is 1.86. The van der Waals surface area contributed by atoms with Crippen molar-refractivity contribution >= 4 is 12.0 Å². The molecule has 1 N–H and O–H groups in total. The summed E-state index contributed by atoms with van der Waals surface area (Å²) in [4.78, 5) is 20.0. The Labute approximate surface area is 243 Å². The van der Waals surface area contributed by atoms with Crippen molar-refractivity contribution in [1.82, 2.24) is 9.88 Å². The Morgan fingerprint density at radius 2 is 2.00 bits per heavy atom. The number of carboxylic acids is 1. The highest BCUT2D eigenvalue weighted by molar-refractivity contribution is 5.88. The third-order valence-corrected chi connectivity index (χ3v) is 8.02. The van der Waals surface area contributed by atoms with Crippen molar-refractivity contribution in [2.75, 3.05) is 33.4 Å². The third kappa shape index (κ3) is 6.82. The second-order valence-corrected chi connectivity index (χ2v) is 12.4. The number of nitrogens with zero attached hydrogens (tertiary/aromatic N) is 2. The van der Waals surface area contributed by atoms with Gasteiger partial charge in [0.2, 0.25) is 0 Å². The minimum absolute atomic E-state index is 0.300. The molecule has 0 bridgehead atoms. The quantitative estimate of drug-likeness (QED) is 0.365. The molecule has 0 radical (unpaired) electrons. The van der Waals surface area contributed by atoms with Gasteiger partial charge in [0, 0.05) is 47.8 Å². The third-order valence-electron chi connectivity index (χ3n) is 8.02. The summed E-state index contributed by atoms with van der Waals surface area (Å²) in [5.41, 5.74) is 5.95. The van der Waals surface area contributed by atoms with E-state index in [-0.39, 0.29) is 0 Å². The summed E-state index contributed by atoms with van der Waals surface area (Å²) in [7, 11) is 1.73. The average Bonchev–Trinajstić information content (AvgIpc) is 3.32. The number of fused-ring (bicyclic) bond motifs is 1. The number of hydrogen-bond donors (Lipinski definition) is 1. The molecular formula is C33H45FN2O5. The lowest BCUT2D eigenvalue weighted by atomic mass is 9.84. The zero-order valence-electron chi connectivity index (χ0n) is 25.8. The molecule has 0 aliphatic carbocycles. The maximum atomic E-state index is 15.6. The van der Waals surface area contributed by atoms with Gasteiger partial charge < -0.3 is 19.3 Å². The number of aromatic nitrogens is 1. The van der Waals surface area contributed by atoms with E-state index in [1.165, 1.54) is 6.07 Å². The normalized spacial score (nSPS) is 18.8. The Balaban J connectivity index is 1.97. The number of ether oxygens (including phenoxy) is 3. The molecular weight excluding hydrogens is 523 g/mol. The van der Waals surface area contributed by atoms with E-state index in [0.717, 1.165) is 60.3 Å². The molecule has 4 rings (SSSR count). The van der Waals surface area contributed by atoms with Crippen molar-refractivity contribution < 1.29 is 28.5 Å². The fourth-order valence-corrected chi connectivity index (χ4v) is 6.27. The number of halogens is 1. The number of aryl methyl sites for hydroxylation is 2. The summed E-state index contributed by atoms with van der Waals surface area (Å²) in [5, 5.41) is 10.4. The van der Waals surface area contributed by atoms with Crippen molar-refractivity contribution in [3.8, 4) is 16.9 Å². The first kappa shape index (κ1) is 31.1. The standard InChI is InChI=1S/C33H45FN2O5/c1-19(17-36-13-9-11-23(36)18-39-8)15-26-21(3)35-22(4)28(31(32(37)38)41-33(5,6)7)29(26)25-16-27(34)30-24(20(25)2)12-10-14-40-30/h15-16,23,31H,9-14,17-18H2,1-8H3,(H,37,38)/b19-15+/t23-,31+/m1/s1. The van der Waals surface area contributed by atoms with Gasteiger partial charge in [-0.1, -0.05) is 11.6 Å². The number of aliphatic carboxylic acids is 1. The zero-order valence-corrected chi connectivity index (χ0v) is 25.8. The van der Waals surface area contributed by atoms with E-state index in [9.17, 15) is 9.90 Å². The van der Waals surface area contributed by atoms with Gasteiger partial charge in [-0.05, 0) is 103 Å². The molecule has 2 aliphatic rings. The summed E-state index contributed by atoms with van der Waals surface area (Å²) >= 11 is 0. The van der Waals surface area contributed by atoms with Gasteiger partial charge in [-0.25, -0.2) is 9.18 Å². The largest absolute Gasteiger partial charge is 0.490 e. The van der Waals surface area contributed by atoms with Crippen LogP contribution in [0.3, 0.4) is 0 Å². The molecule has 2 aromatic rings. The topological polar surface area (TPSA) is 81.1 Å². The number of carbonyl (C=O) groups is 1. The van der Waals surface area contributed by atoms with Crippen molar-refractivity contribution in [3.63, 3.8) is 0 Å². The number of rotatable bonds is 9. The fraction of sp³-hybridized carbons (Fsp3) is 0.576.